The first-order valence-corrected chi connectivity index (χ1v) is 11.7. The number of esters is 2. The van der Waals surface area contributed by atoms with Crippen LogP contribution in [0.1, 0.15) is 112 Å². The standard InChI is InChI=1S/C24H44O6/c1-6-8-18-24(4,5)21(30-19(3)25)16-13-15-20(23(27)28)14-11-9-10-12-17-22(26)29-7-2/h20-21H,6-18H2,1-5H3,(H,27,28). The van der Waals surface area contributed by atoms with Gasteiger partial charge >= 0.3 is 17.9 Å². The average Bonchev–Trinajstić information content (AvgIpc) is 2.66. The maximum atomic E-state index is 11.6. The Morgan fingerprint density at radius 1 is 0.900 bits per heavy atom. The summed E-state index contributed by atoms with van der Waals surface area (Å²) in [7, 11) is 0. The monoisotopic (exact) mass is 428 g/mol. The van der Waals surface area contributed by atoms with Crippen molar-refractivity contribution in [1.29, 1.82) is 0 Å². The second kappa shape index (κ2) is 16.1. The number of carboxylic acid groups (broad SMARTS) is 1. The molecule has 0 aromatic rings. The molecule has 0 fully saturated rings. The minimum absolute atomic E-state index is 0.112. The normalized spacial score (nSPS) is 13.5. The van der Waals surface area contributed by atoms with Crippen molar-refractivity contribution in [2.45, 2.75) is 118 Å². The number of carbonyl (C=O) groups is 3. The summed E-state index contributed by atoms with van der Waals surface area (Å²) in [5.41, 5.74) is -0.112. The molecule has 176 valence electrons. The number of carboxylic acids is 1. The highest BCUT2D eigenvalue weighted by atomic mass is 16.5. The Hall–Kier alpha value is -1.59. The first kappa shape index (κ1) is 28.4. The van der Waals surface area contributed by atoms with E-state index in [0.29, 0.717) is 32.3 Å². The van der Waals surface area contributed by atoms with E-state index in [2.05, 4.69) is 20.8 Å². The van der Waals surface area contributed by atoms with Gasteiger partial charge in [0.15, 0.2) is 0 Å². The summed E-state index contributed by atoms with van der Waals surface area (Å²) >= 11 is 0. The molecule has 2 atom stereocenters. The molecule has 6 nitrogen and oxygen atoms in total. The van der Waals surface area contributed by atoms with Gasteiger partial charge < -0.3 is 14.6 Å². The number of ether oxygens (including phenoxy) is 2. The summed E-state index contributed by atoms with van der Waals surface area (Å²) in [6.45, 7) is 10.0. The second-order valence-corrected chi connectivity index (χ2v) is 8.91. The van der Waals surface area contributed by atoms with Gasteiger partial charge in [-0.05, 0) is 45.4 Å². The topological polar surface area (TPSA) is 89.9 Å². The van der Waals surface area contributed by atoms with Crippen LogP contribution in [0, 0.1) is 11.3 Å². The largest absolute Gasteiger partial charge is 0.481 e. The van der Waals surface area contributed by atoms with Crippen molar-refractivity contribution in [3.63, 3.8) is 0 Å². The van der Waals surface area contributed by atoms with E-state index in [1.165, 1.54) is 6.92 Å². The highest BCUT2D eigenvalue weighted by Gasteiger charge is 2.31. The van der Waals surface area contributed by atoms with Gasteiger partial charge in [0.05, 0.1) is 12.5 Å². The highest BCUT2D eigenvalue weighted by molar-refractivity contribution is 5.70. The average molecular weight is 429 g/mol. The lowest BCUT2D eigenvalue weighted by atomic mass is 9.79. The zero-order valence-corrected chi connectivity index (χ0v) is 19.8. The lowest BCUT2D eigenvalue weighted by molar-refractivity contribution is -0.154. The molecular formula is C24H44O6. The lowest BCUT2D eigenvalue weighted by Crippen LogP contribution is -2.33. The van der Waals surface area contributed by atoms with E-state index in [0.717, 1.165) is 51.4 Å². The Labute approximate surface area is 183 Å². The maximum absolute atomic E-state index is 11.6. The summed E-state index contributed by atoms with van der Waals surface area (Å²) in [5.74, 6) is -1.56. The Morgan fingerprint density at radius 3 is 2.10 bits per heavy atom. The van der Waals surface area contributed by atoms with Gasteiger partial charge in [-0.3, -0.25) is 14.4 Å². The molecule has 0 rings (SSSR count). The number of hydrogen-bond acceptors (Lipinski definition) is 5. The molecule has 2 unspecified atom stereocenters. The molecule has 0 aliphatic heterocycles. The molecule has 0 amide bonds. The molecule has 0 saturated carbocycles. The quantitative estimate of drug-likeness (QED) is 0.216. The van der Waals surface area contributed by atoms with Gasteiger partial charge in [-0.25, -0.2) is 0 Å². The van der Waals surface area contributed by atoms with Gasteiger partial charge in [-0.1, -0.05) is 52.9 Å². The molecule has 0 bridgehead atoms. The Morgan fingerprint density at radius 2 is 1.53 bits per heavy atom. The van der Waals surface area contributed by atoms with E-state index in [9.17, 15) is 19.5 Å². The minimum atomic E-state index is -0.754. The molecule has 0 heterocycles. The highest BCUT2D eigenvalue weighted by Crippen LogP contribution is 2.33. The van der Waals surface area contributed by atoms with Crippen molar-refractivity contribution in [2.75, 3.05) is 6.61 Å². The van der Waals surface area contributed by atoms with Crippen molar-refractivity contribution >= 4 is 17.9 Å². The molecule has 0 aromatic heterocycles. The van der Waals surface area contributed by atoms with Crippen molar-refractivity contribution in [3.8, 4) is 0 Å². The zero-order chi connectivity index (χ0) is 23.0. The molecule has 0 spiro atoms. The van der Waals surface area contributed by atoms with Crippen LogP contribution in [-0.4, -0.2) is 35.7 Å². The molecule has 0 radical (unpaired) electrons. The molecule has 30 heavy (non-hydrogen) atoms. The lowest BCUT2D eigenvalue weighted by Gasteiger charge is -2.34. The van der Waals surface area contributed by atoms with Gasteiger partial charge in [-0.15, -0.1) is 0 Å². The van der Waals surface area contributed by atoms with Crippen LogP contribution in [0.2, 0.25) is 0 Å². The van der Waals surface area contributed by atoms with Crippen LogP contribution >= 0.6 is 0 Å². The van der Waals surface area contributed by atoms with Gasteiger partial charge in [-0.2, -0.15) is 0 Å². The minimum Gasteiger partial charge on any atom is -0.481 e. The Bertz CT molecular complexity index is 500. The predicted molar refractivity (Wildman–Crippen MR) is 118 cm³/mol. The zero-order valence-electron chi connectivity index (χ0n) is 19.8. The van der Waals surface area contributed by atoms with E-state index in [1.807, 2.05) is 0 Å². The van der Waals surface area contributed by atoms with E-state index >= 15 is 0 Å². The van der Waals surface area contributed by atoms with E-state index in [4.69, 9.17) is 9.47 Å². The van der Waals surface area contributed by atoms with Gasteiger partial charge in [0, 0.05) is 18.8 Å². The van der Waals surface area contributed by atoms with Crippen LogP contribution in [-0.2, 0) is 23.9 Å². The summed E-state index contributed by atoms with van der Waals surface area (Å²) in [5, 5.41) is 9.55. The summed E-state index contributed by atoms with van der Waals surface area (Å²) in [4.78, 5) is 34.5. The number of unbranched alkanes of at least 4 members (excludes halogenated alkanes) is 4. The first-order valence-electron chi connectivity index (χ1n) is 11.7. The second-order valence-electron chi connectivity index (χ2n) is 8.91. The third-order valence-corrected chi connectivity index (χ3v) is 5.71. The van der Waals surface area contributed by atoms with E-state index in [-0.39, 0.29) is 29.4 Å². The Kier molecular flexibility index (Phi) is 15.3. The molecule has 0 saturated heterocycles. The summed E-state index contributed by atoms with van der Waals surface area (Å²) in [6, 6.07) is 0. The fraction of sp³-hybridized carbons (Fsp3) is 0.875. The Balaban J connectivity index is 4.37. The summed E-state index contributed by atoms with van der Waals surface area (Å²) < 4.78 is 10.5. The SMILES string of the molecule is CCCCC(C)(C)C(CCCC(CCCCCCC(=O)OCC)C(=O)O)OC(C)=O. The molecule has 1 N–H and O–H groups in total. The third kappa shape index (κ3) is 13.6. The van der Waals surface area contributed by atoms with Crippen LogP contribution in [0.3, 0.4) is 0 Å². The van der Waals surface area contributed by atoms with Crippen LogP contribution in [0.4, 0.5) is 0 Å². The summed E-state index contributed by atoms with van der Waals surface area (Å²) in [6.07, 6.45) is 9.53. The number of hydrogen-bond donors (Lipinski definition) is 1. The number of aliphatic carboxylic acids is 1. The molecule has 0 aliphatic rings. The molecule has 0 aliphatic carbocycles. The van der Waals surface area contributed by atoms with Crippen LogP contribution in [0.15, 0.2) is 0 Å². The van der Waals surface area contributed by atoms with Crippen LogP contribution in [0.25, 0.3) is 0 Å². The van der Waals surface area contributed by atoms with Crippen LogP contribution in [0.5, 0.6) is 0 Å². The van der Waals surface area contributed by atoms with Crippen LogP contribution < -0.4 is 0 Å². The van der Waals surface area contributed by atoms with Gasteiger partial charge in [0.2, 0.25) is 0 Å². The van der Waals surface area contributed by atoms with Crippen molar-refractivity contribution < 1.29 is 29.0 Å². The molecule has 6 heteroatoms. The van der Waals surface area contributed by atoms with Gasteiger partial charge in [0.1, 0.15) is 6.10 Å². The van der Waals surface area contributed by atoms with Gasteiger partial charge in [0.25, 0.3) is 0 Å². The maximum Gasteiger partial charge on any atom is 0.306 e. The predicted octanol–water partition coefficient (Wildman–Crippen LogP) is 5.91. The van der Waals surface area contributed by atoms with E-state index in [1.54, 1.807) is 6.92 Å². The third-order valence-electron chi connectivity index (χ3n) is 5.71. The fourth-order valence-electron chi connectivity index (χ4n) is 3.79. The van der Waals surface area contributed by atoms with Crippen molar-refractivity contribution in [1.82, 2.24) is 0 Å². The van der Waals surface area contributed by atoms with Crippen molar-refractivity contribution in [2.24, 2.45) is 11.3 Å². The number of carbonyl (C=O) groups excluding carboxylic acids is 2. The smallest absolute Gasteiger partial charge is 0.306 e. The number of rotatable bonds is 18. The van der Waals surface area contributed by atoms with E-state index < -0.39 is 5.97 Å². The molecule has 0 aromatic carbocycles. The first-order chi connectivity index (χ1) is 14.1. The molecular weight excluding hydrogens is 384 g/mol. The van der Waals surface area contributed by atoms with Crippen molar-refractivity contribution in [3.05, 3.63) is 0 Å². The fourth-order valence-corrected chi connectivity index (χ4v) is 3.79.